The van der Waals surface area contributed by atoms with Crippen LogP contribution in [0, 0.1) is 0 Å². The van der Waals surface area contributed by atoms with Gasteiger partial charge in [0.1, 0.15) is 0 Å². The molecule has 0 amide bonds. The number of hydrogen-bond acceptors (Lipinski definition) is 2. The molecule has 0 spiro atoms. The maximum atomic E-state index is 5.47. The normalized spacial score (nSPS) is 18.9. The summed E-state index contributed by atoms with van der Waals surface area (Å²) in [7, 11) is 2.43. The average molecular weight is 120 g/mol. The molecule has 0 rings (SSSR count). The Kier molecular flexibility index (Phi) is 3.53. The van der Waals surface area contributed by atoms with Crippen LogP contribution >= 0.6 is 9.39 Å². The Hall–Kier alpha value is 0.350. The molecule has 0 saturated heterocycles. The minimum absolute atomic E-state index is 0.234. The largest absolute Gasteiger partial charge is 0.327 e. The van der Waals surface area contributed by atoms with Gasteiger partial charge in [0.25, 0.3) is 0 Å². The third kappa shape index (κ3) is 2.98. The van der Waals surface area contributed by atoms with Gasteiger partial charge in [-0.15, -0.1) is 0 Å². The van der Waals surface area contributed by atoms with Crippen LogP contribution in [0.4, 0.5) is 0 Å². The maximum Gasteiger partial charge on any atom is 0.0219 e. The lowest BCUT2D eigenvalue weighted by atomic mass is 10.2. The van der Waals surface area contributed by atoms with Crippen molar-refractivity contribution in [2.45, 2.75) is 25.9 Å². The zero-order valence-corrected chi connectivity index (χ0v) is 5.96. The molecule has 0 saturated carbocycles. The lowest BCUT2D eigenvalue weighted by molar-refractivity contribution is 0.572. The van der Waals surface area contributed by atoms with Crippen LogP contribution in [0.15, 0.2) is 0 Å². The van der Waals surface area contributed by atoms with Crippen LogP contribution in [0.2, 0.25) is 0 Å². The minimum Gasteiger partial charge on any atom is -0.327 e. The fourth-order valence-electron chi connectivity index (χ4n) is 0.152. The quantitative estimate of drug-likeness (QED) is 0.507. The van der Waals surface area contributed by atoms with E-state index in [4.69, 9.17) is 5.73 Å². The van der Waals surface area contributed by atoms with Gasteiger partial charge >= 0.3 is 0 Å². The molecule has 3 heteroatoms. The predicted molar refractivity (Wildman–Crippen MR) is 36.0 cm³/mol. The molecule has 2 nitrogen and oxygen atoms in total. The smallest absolute Gasteiger partial charge is 0.0219 e. The molecule has 0 bridgehead atoms. The molecule has 0 aromatic carbocycles. The Morgan fingerprint density at radius 1 is 1.57 bits per heavy atom. The van der Waals surface area contributed by atoms with Gasteiger partial charge in [0, 0.05) is 12.1 Å². The molecule has 3 N–H and O–H groups in total. The monoisotopic (exact) mass is 120 g/mol. The van der Waals surface area contributed by atoms with Crippen LogP contribution in [0.3, 0.4) is 0 Å². The second kappa shape index (κ2) is 3.36. The first-order chi connectivity index (χ1) is 3.18. The van der Waals surface area contributed by atoms with Crippen LogP contribution < -0.4 is 10.8 Å². The van der Waals surface area contributed by atoms with E-state index in [1.807, 2.05) is 13.8 Å². The van der Waals surface area contributed by atoms with E-state index < -0.39 is 0 Å². The summed E-state index contributed by atoms with van der Waals surface area (Å²) < 4.78 is 0. The summed E-state index contributed by atoms with van der Waals surface area (Å²) in [6.07, 6.45) is 0. The van der Waals surface area contributed by atoms with Crippen molar-refractivity contribution in [1.29, 1.82) is 0 Å². The van der Waals surface area contributed by atoms with Crippen molar-refractivity contribution < 1.29 is 0 Å². The standard InChI is InChI=1S/C4H13N2P/c1-3(5)4(2)6-7/h3-4,6H,5,7H2,1-2H3. The molecular formula is C4H13N2P. The molecule has 0 aromatic rings. The Labute approximate surface area is 47.1 Å². The summed E-state index contributed by atoms with van der Waals surface area (Å²) in [6, 6.07) is 0.627. The van der Waals surface area contributed by atoms with E-state index in [0.29, 0.717) is 6.04 Å². The van der Waals surface area contributed by atoms with Crippen LogP contribution in [0.1, 0.15) is 13.8 Å². The second-order valence-corrected chi connectivity index (χ2v) is 2.15. The zero-order valence-electron chi connectivity index (χ0n) is 4.81. The fourth-order valence-corrected chi connectivity index (χ4v) is 0.455. The Morgan fingerprint density at radius 3 is 2.00 bits per heavy atom. The number of nitrogens with two attached hydrogens (primary N) is 1. The van der Waals surface area contributed by atoms with Crippen molar-refractivity contribution in [1.82, 2.24) is 5.09 Å². The highest BCUT2D eigenvalue weighted by Gasteiger charge is 2.00. The van der Waals surface area contributed by atoms with Gasteiger partial charge in [-0.3, -0.25) is 5.09 Å². The second-order valence-electron chi connectivity index (χ2n) is 1.81. The van der Waals surface area contributed by atoms with Gasteiger partial charge in [-0.05, 0) is 13.8 Å². The fraction of sp³-hybridized carbons (Fsp3) is 1.00. The van der Waals surface area contributed by atoms with Crippen molar-refractivity contribution >= 4 is 9.39 Å². The SMILES string of the molecule is CC(N)C(C)NP. The van der Waals surface area contributed by atoms with Crippen LogP contribution in [-0.4, -0.2) is 12.1 Å². The van der Waals surface area contributed by atoms with Gasteiger partial charge < -0.3 is 5.73 Å². The molecule has 0 aromatic heterocycles. The van der Waals surface area contributed by atoms with Crippen molar-refractivity contribution in [3.8, 4) is 0 Å². The van der Waals surface area contributed by atoms with Gasteiger partial charge in [-0.25, -0.2) is 0 Å². The lowest BCUT2D eigenvalue weighted by Gasteiger charge is -2.12. The summed E-state index contributed by atoms with van der Waals surface area (Å²) in [5.41, 5.74) is 5.47. The van der Waals surface area contributed by atoms with Crippen LogP contribution in [0.5, 0.6) is 0 Å². The van der Waals surface area contributed by atoms with Crippen molar-refractivity contribution in [3.63, 3.8) is 0 Å². The topological polar surface area (TPSA) is 38.0 Å². The van der Waals surface area contributed by atoms with Crippen molar-refractivity contribution in [2.24, 2.45) is 5.73 Å². The van der Waals surface area contributed by atoms with E-state index in [1.54, 1.807) is 0 Å². The third-order valence-electron chi connectivity index (χ3n) is 1.05. The Bertz CT molecular complexity index is 47.0. The van der Waals surface area contributed by atoms with E-state index in [1.165, 1.54) is 0 Å². The average Bonchev–Trinajstić information content (AvgIpc) is 1.65. The summed E-state index contributed by atoms with van der Waals surface area (Å²) in [4.78, 5) is 0. The number of hydrogen-bond donors (Lipinski definition) is 2. The molecule has 3 atom stereocenters. The molecule has 0 aliphatic heterocycles. The molecule has 0 radical (unpaired) electrons. The third-order valence-corrected chi connectivity index (χ3v) is 1.58. The lowest BCUT2D eigenvalue weighted by Crippen LogP contribution is -2.35. The first-order valence-electron chi connectivity index (χ1n) is 2.40. The highest BCUT2D eigenvalue weighted by Crippen LogP contribution is 1.87. The first-order valence-corrected chi connectivity index (χ1v) is 2.98. The summed E-state index contributed by atoms with van der Waals surface area (Å²) in [5.74, 6) is 0. The maximum absolute atomic E-state index is 5.47. The van der Waals surface area contributed by atoms with Gasteiger partial charge in [-0.1, -0.05) is 9.39 Å². The van der Waals surface area contributed by atoms with Crippen molar-refractivity contribution in [3.05, 3.63) is 0 Å². The highest BCUT2D eigenvalue weighted by molar-refractivity contribution is 7.13. The summed E-state index contributed by atoms with van der Waals surface area (Å²) in [5, 5.41) is 2.96. The molecule has 44 valence electrons. The molecule has 0 heterocycles. The highest BCUT2D eigenvalue weighted by atomic mass is 31.0. The van der Waals surface area contributed by atoms with Crippen LogP contribution in [0.25, 0.3) is 0 Å². The van der Waals surface area contributed by atoms with Gasteiger partial charge in [0.05, 0.1) is 0 Å². The van der Waals surface area contributed by atoms with E-state index >= 15 is 0 Å². The molecule has 0 aliphatic rings. The Morgan fingerprint density at radius 2 is 2.00 bits per heavy atom. The molecule has 0 fully saturated rings. The molecule has 3 unspecified atom stereocenters. The van der Waals surface area contributed by atoms with Crippen molar-refractivity contribution in [2.75, 3.05) is 0 Å². The molecule has 0 aliphatic carbocycles. The Balaban J connectivity index is 3.14. The molecule has 7 heavy (non-hydrogen) atoms. The number of rotatable bonds is 2. The van der Waals surface area contributed by atoms with Crippen LogP contribution in [-0.2, 0) is 0 Å². The van der Waals surface area contributed by atoms with Gasteiger partial charge in [0.2, 0.25) is 0 Å². The summed E-state index contributed by atoms with van der Waals surface area (Å²) in [6.45, 7) is 4.01. The summed E-state index contributed by atoms with van der Waals surface area (Å²) >= 11 is 0. The predicted octanol–water partition coefficient (Wildman–Crippen LogP) is 0.102. The van der Waals surface area contributed by atoms with E-state index in [-0.39, 0.29) is 6.04 Å². The number of nitrogens with one attached hydrogen (secondary N) is 1. The van der Waals surface area contributed by atoms with Gasteiger partial charge in [-0.2, -0.15) is 0 Å². The molecular weight excluding hydrogens is 107 g/mol. The minimum atomic E-state index is 0.234. The van der Waals surface area contributed by atoms with E-state index in [2.05, 4.69) is 14.5 Å². The van der Waals surface area contributed by atoms with Gasteiger partial charge in [0.15, 0.2) is 0 Å². The zero-order chi connectivity index (χ0) is 5.86. The van der Waals surface area contributed by atoms with E-state index in [9.17, 15) is 0 Å². The van der Waals surface area contributed by atoms with E-state index in [0.717, 1.165) is 0 Å². The first kappa shape index (κ1) is 7.35.